The van der Waals surface area contributed by atoms with Crippen LogP contribution in [0.4, 0.5) is 11.4 Å². The lowest BCUT2D eigenvalue weighted by molar-refractivity contribution is -0.135. The number of hydrogen-bond donors (Lipinski definition) is 1. The Hall–Kier alpha value is -5.74. The number of carboxylic acids is 1. The molecule has 1 fully saturated rings. The van der Waals surface area contributed by atoms with Crippen LogP contribution in [0.15, 0.2) is 162 Å². The molecule has 4 heteroatoms. The third-order valence-electron chi connectivity index (χ3n) is 9.57. The molecule has 2 aliphatic carbocycles. The van der Waals surface area contributed by atoms with Crippen LogP contribution in [0.2, 0.25) is 0 Å². The van der Waals surface area contributed by atoms with Gasteiger partial charge in [0.25, 0.3) is 0 Å². The molecule has 0 saturated heterocycles. The fourth-order valence-corrected chi connectivity index (χ4v) is 7.39. The van der Waals surface area contributed by atoms with Crippen molar-refractivity contribution in [2.45, 2.75) is 38.1 Å². The van der Waals surface area contributed by atoms with Gasteiger partial charge in [0.2, 0.25) is 0 Å². The maximum Gasteiger partial charge on any atom is 0.325 e. The summed E-state index contributed by atoms with van der Waals surface area (Å²) in [6.45, 7) is 1.74. The molecule has 4 aromatic carbocycles. The van der Waals surface area contributed by atoms with Crippen LogP contribution in [0.3, 0.4) is 0 Å². The number of nitrogens with zero attached hydrogens (tertiary/aromatic N) is 2. The van der Waals surface area contributed by atoms with E-state index in [0.29, 0.717) is 17.7 Å². The lowest BCUT2D eigenvalue weighted by Crippen LogP contribution is -2.26. The Kier molecular flexibility index (Phi) is 9.47. The third-order valence-corrected chi connectivity index (χ3v) is 9.57. The zero-order valence-electron chi connectivity index (χ0n) is 27.7. The van der Waals surface area contributed by atoms with E-state index < -0.39 is 5.97 Å². The predicted octanol–water partition coefficient (Wildman–Crippen LogP) is 10.6. The number of hydrogen-bond acceptors (Lipinski definition) is 3. The summed E-state index contributed by atoms with van der Waals surface area (Å²) in [5.41, 5.74) is 12.5. The summed E-state index contributed by atoms with van der Waals surface area (Å²) >= 11 is 0. The molecule has 0 spiro atoms. The molecule has 2 atom stereocenters. The minimum atomic E-state index is -0.941. The van der Waals surface area contributed by atoms with Crippen molar-refractivity contribution in [3.8, 4) is 0 Å². The van der Waals surface area contributed by atoms with Crippen LogP contribution in [0, 0.1) is 0 Å². The average molecular weight is 641 g/mol. The second kappa shape index (κ2) is 14.6. The first-order valence-corrected chi connectivity index (χ1v) is 17.1. The van der Waals surface area contributed by atoms with E-state index in [1.54, 1.807) is 0 Å². The highest BCUT2D eigenvalue weighted by molar-refractivity contribution is 6.13. The lowest BCUT2D eigenvalue weighted by Gasteiger charge is -2.27. The number of carbonyl (C=O) groups is 1. The van der Waals surface area contributed by atoms with Gasteiger partial charge >= 0.3 is 5.97 Å². The van der Waals surface area contributed by atoms with Gasteiger partial charge in [-0.1, -0.05) is 128 Å². The van der Waals surface area contributed by atoms with Crippen molar-refractivity contribution in [1.82, 2.24) is 0 Å². The molecule has 0 bridgehead atoms. The van der Waals surface area contributed by atoms with Crippen LogP contribution in [-0.4, -0.2) is 29.4 Å². The molecule has 1 saturated carbocycles. The van der Waals surface area contributed by atoms with Crippen molar-refractivity contribution in [2.75, 3.05) is 11.4 Å². The third kappa shape index (κ3) is 6.95. The minimum absolute atomic E-state index is 0.254. The normalized spacial score (nSPS) is 19.9. The van der Waals surface area contributed by atoms with Gasteiger partial charge in [0.15, 0.2) is 0 Å². The Labute approximate surface area is 289 Å². The molecule has 0 radical (unpaired) electrons. The van der Waals surface area contributed by atoms with Gasteiger partial charge in [0.05, 0.1) is 5.71 Å². The minimum Gasteiger partial charge on any atom is -0.480 e. The Bertz CT molecular complexity index is 2000. The largest absolute Gasteiger partial charge is 0.480 e. The van der Waals surface area contributed by atoms with Crippen molar-refractivity contribution < 1.29 is 9.90 Å². The SMILES string of the molecule is C\C=C/C(/C=C/c1ccc2c(c1)C1CCCC1N2c1ccc(C=C(c2ccccc2)c2ccccc2)cc1)=C1/C=CC=C/C1=N\CC(=O)O. The Morgan fingerprint density at radius 3 is 2.22 bits per heavy atom. The van der Waals surface area contributed by atoms with Crippen molar-refractivity contribution in [1.29, 1.82) is 0 Å². The van der Waals surface area contributed by atoms with E-state index in [-0.39, 0.29) is 6.54 Å². The summed E-state index contributed by atoms with van der Waals surface area (Å²) < 4.78 is 0. The van der Waals surface area contributed by atoms with E-state index >= 15 is 0 Å². The number of aliphatic carboxylic acids is 1. The van der Waals surface area contributed by atoms with Crippen molar-refractivity contribution in [2.24, 2.45) is 4.99 Å². The van der Waals surface area contributed by atoms with Crippen LogP contribution in [0.1, 0.15) is 59.9 Å². The number of carboxylic acid groups (broad SMARTS) is 1. The second-order valence-electron chi connectivity index (χ2n) is 12.7. The summed E-state index contributed by atoms with van der Waals surface area (Å²) in [6, 6.07) is 37.6. The standard InChI is InChI=1S/C45H40N2O2/c1-2-12-34(38-17-9-10-19-42(38)46-31-45(48)49)25-21-32-24-28-44-41(30-32)39-18-11-20-43(39)47(44)37-26-22-33(23-27-37)29-40(35-13-5-3-6-14-35)36-15-7-4-8-16-36/h2-10,12-17,19,21-30,39,43H,11,18,20,31H2,1H3,(H,48,49)/b12-2-,25-21+,38-34+,46-42+. The number of rotatable bonds is 9. The molecular weight excluding hydrogens is 601 g/mol. The molecule has 242 valence electrons. The monoisotopic (exact) mass is 640 g/mol. The van der Waals surface area contributed by atoms with Gasteiger partial charge in [-0.05, 0) is 95.1 Å². The van der Waals surface area contributed by atoms with Crippen LogP contribution < -0.4 is 4.90 Å². The van der Waals surface area contributed by atoms with Crippen LogP contribution in [0.5, 0.6) is 0 Å². The lowest BCUT2D eigenvalue weighted by atomic mass is 9.95. The highest BCUT2D eigenvalue weighted by Gasteiger charge is 2.42. The molecule has 0 aromatic heterocycles. The molecule has 4 aromatic rings. The zero-order chi connectivity index (χ0) is 33.6. The van der Waals surface area contributed by atoms with E-state index in [1.165, 1.54) is 58.5 Å². The summed E-state index contributed by atoms with van der Waals surface area (Å²) in [5, 5.41) is 9.18. The Balaban J connectivity index is 1.18. The first-order chi connectivity index (χ1) is 24.1. The quantitative estimate of drug-likeness (QED) is 0.185. The number of fused-ring (bicyclic) bond motifs is 3. The molecule has 1 heterocycles. The predicted molar refractivity (Wildman–Crippen MR) is 204 cm³/mol. The van der Waals surface area contributed by atoms with Gasteiger partial charge in [-0.2, -0.15) is 0 Å². The topological polar surface area (TPSA) is 52.9 Å². The number of aliphatic imine (C=N–C) groups is 1. The van der Waals surface area contributed by atoms with Crippen LogP contribution in [0.25, 0.3) is 17.7 Å². The maximum atomic E-state index is 11.2. The molecule has 49 heavy (non-hydrogen) atoms. The molecule has 4 nitrogen and oxygen atoms in total. The van der Waals surface area contributed by atoms with Gasteiger partial charge in [0.1, 0.15) is 6.54 Å². The fourth-order valence-electron chi connectivity index (χ4n) is 7.39. The van der Waals surface area contributed by atoms with E-state index in [9.17, 15) is 9.90 Å². The van der Waals surface area contributed by atoms with Crippen molar-refractivity contribution in [3.63, 3.8) is 0 Å². The molecule has 3 aliphatic rings. The highest BCUT2D eigenvalue weighted by Crippen LogP contribution is 2.52. The smallest absolute Gasteiger partial charge is 0.325 e. The van der Waals surface area contributed by atoms with Crippen molar-refractivity contribution in [3.05, 3.63) is 185 Å². The fraction of sp³-hybridized carbons (Fsp3) is 0.156. The van der Waals surface area contributed by atoms with Crippen LogP contribution in [-0.2, 0) is 4.79 Å². The van der Waals surface area contributed by atoms with Gasteiger partial charge < -0.3 is 10.0 Å². The first kappa shape index (κ1) is 31.8. The summed E-state index contributed by atoms with van der Waals surface area (Å²) in [5.74, 6) is -0.427. The Morgan fingerprint density at radius 1 is 0.837 bits per heavy atom. The van der Waals surface area contributed by atoms with Gasteiger partial charge in [-0.25, -0.2) is 0 Å². The van der Waals surface area contributed by atoms with E-state index in [2.05, 4.69) is 137 Å². The number of allylic oxidation sites excluding steroid dienone is 9. The van der Waals surface area contributed by atoms with E-state index in [1.807, 2.05) is 37.3 Å². The molecule has 2 unspecified atom stereocenters. The van der Waals surface area contributed by atoms with Gasteiger partial charge in [0, 0.05) is 28.9 Å². The van der Waals surface area contributed by atoms with Gasteiger partial charge in [-0.3, -0.25) is 9.79 Å². The molecule has 1 N–H and O–H groups in total. The van der Waals surface area contributed by atoms with Crippen molar-refractivity contribution >= 4 is 40.8 Å². The number of benzene rings is 4. The molecular formula is C45H40N2O2. The van der Waals surface area contributed by atoms with Crippen LogP contribution >= 0.6 is 0 Å². The van der Waals surface area contributed by atoms with E-state index in [4.69, 9.17) is 0 Å². The summed E-state index contributed by atoms with van der Waals surface area (Å²) in [7, 11) is 0. The summed E-state index contributed by atoms with van der Waals surface area (Å²) in [6.07, 6.45) is 22.0. The average Bonchev–Trinajstić information content (AvgIpc) is 3.74. The zero-order valence-corrected chi connectivity index (χ0v) is 27.7. The first-order valence-electron chi connectivity index (χ1n) is 17.1. The van der Waals surface area contributed by atoms with Gasteiger partial charge in [-0.15, -0.1) is 0 Å². The molecule has 0 amide bonds. The molecule has 1 aliphatic heterocycles. The highest BCUT2D eigenvalue weighted by atomic mass is 16.4. The maximum absolute atomic E-state index is 11.2. The second-order valence-corrected chi connectivity index (χ2v) is 12.7. The summed E-state index contributed by atoms with van der Waals surface area (Å²) in [4.78, 5) is 18.1. The Morgan fingerprint density at radius 2 is 1.53 bits per heavy atom. The molecule has 7 rings (SSSR count). The number of anilines is 2. The van der Waals surface area contributed by atoms with E-state index in [0.717, 1.165) is 16.7 Å².